The smallest absolute Gasteiger partial charge is 0.241 e. The van der Waals surface area contributed by atoms with E-state index in [0.717, 1.165) is 27.3 Å². The number of sulfonamides is 1. The molecule has 2 aliphatic rings. The van der Waals surface area contributed by atoms with Crippen LogP contribution in [0.3, 0.4) is 0 Å². The van der Waals surface area contributed by atoms with Crippen molar-refractivity contribution in [3.05, 3.63) is 68.0 Å². The van der Waals surface area contributed by atoms with Crippen molar-refractivity contribution < 1.29 is 13.2 Å². The van der Waals surface area contributed by atoms with Crippen LogP contribution in [0.15, 0.2) is 51.4 Å². The van der Waals surface area contributed by atoms with E-state index in [9.17, 15) is 13.2 Å². The van der Waals surface area contributed by atoms with Crippen molar-refractivity contribution in [1.82, 2.24) is 4.72 Å². The van der Waals surface area contributed by atoms with Crippen molar-refractivity contribution >= 4 is 44.3 Å². The molecule has 8 heteroatoms. The van der Waals surface area contributed by atoms with Crippen molar-refractivity contribution in [3.63, 3.8) is 0 Å². The van der Waals surface area contributed by atoms with Gasteiger partial charge in [0.15, 0.2) is 0 Å². The van der Waals surface area contributed by atoms with Gasteiger partial charge in [-0.15, -0.1) is 11.3 Å². The van der Waals surface area contributed by atoms with Gasteiger partial charge in [0, 0.05) is 17.8 Å². The summed E-state index contributed by atoms with van der Waals surface area (Å²) in [5.41, 5.74) is 3.78. The topological polar surface area (TPSA) is 66.5 Å². The minimum Gasteiger partial charge on any atom is -0.312 e. The van der Waals surface area contributed by atoms with Crippen LogP contribution in [0.1, 0.15) is 34.0 Å². The summed E-state index contributed by atoms with van der Waals surface area (Å²) in [6.07, 6.45) is 1.74. The van der Waals surface area contributed by atoms with Gasteiger partial charge in [-0.1, -0.05) is 6.07 Å². The lowest BCUT2D eigenvalue weighted by molar-refractivity contribution is -0.118. The number of carbonyl (C=O) groups is 1. The molecule has 0 fully saturated rings. The predicted octanol–water partition coefficient (Wildman–Crippen LogP) is 3.71. The van der Waals surface area contributed by atoms with Crippen molar-refractivity contribution in [1.29, 1.82) is 0 Å². The Labute approximate surface area is 171 Å². The number of hydrogen-bond acceptors (Lipinski definition) is 5. The fourth-order valence-electron chi connectivity index (χ4n) is 3.99. The van der Waals surface area contributed by atoms with E-state index < -0.39 is 16.1 Å². The van der Waals surface area contributed by atoms with Crippen LogP contribution >= 0.6 is 22.7 Å². The van der Waals surface area contributed by atoms with Gasteiger partial charge < -0.3 is 4.90 Å². The molecule has 2 aliphatic heterocycles. The first-order valence-corrected chi connectivity index (χ1v) is 12.4. The molecule has 0 saturated heterocycles. The standard InChI is InChI=1S/C20H18N2O3S3/c23-18-4-3-13-10-16(11-14-5-7-22(18)20(13)14)28(24,25)21-19(15-6-9-26-12-15)17-2-1-8-27-17/h1-2,6,8-12,19,21H,3-5,7H2. The Hall–Kier alpha value is -2.00. The van der Waals surface area contributed by atoms with Gasteiger partial charge in [0.2, 0.25) is 15.9 Å². The highest BCUT2D eigenvalue weighted by atomic mass is 32.2. The van der Waals surface area contributed by atoms with Crippen molar-refractivity contribution in [2.24, 2.45) is 0 Å². The molecule has 0 spiro atoms. The molecule has 0 aliphatic carbocycles. The van der Waals surface area contributed by atoms with Crippen LogP contribution in [0.5, 0.6) is 0 Å². The minimum absolute atomic E-state index is 0.134. The van der Waals surface area contributed by atoms with Gasteiger partial charge in [0.1, 0.15) is 0 Å². The van der Waals surface area contributed by atoms with Gasteiger partial charge in [-0.3, -0.25) is 4.79 Å². The lowest BCUT2D eigenvalue weighted by Crippen LogP contribution is -2.33. The van der Waals surface area contributed by atoms with E-state index in [1.165, 1.54) is 11.3 Å². The van der Waals surface area contributed by atoms with Gasteiger partial charge in [-0.05, 0) is 69.9 Å². The molecule has 0 saturated carbocycles. The molecule has 2 aromatic heterocycles. The Kier molecular flexibility index (Phi) is 4.39. The molecule has 0 bridgehead atoms. The molecule has 1 unspecified atom stereocenters. The van der Waals surface area contributed by atoms with Crippen LogP contribution in [0.2, 0.25) is 0 Å². The van der Waals surface area contributed by atoms with E-state index in [1.807, 2.05) is 34.3 Å². The quantitative estimate of drug-likeness (QED) is 0.671. The van der Waals surface area contributed by atoms with Crippen LogP contribution in [-0.2, 0) is 27.7 Å². The zero-order valence-electron chi connectivity index (χ0n) is 14.9. The third kappa shape index (κ3) is 3.00. The molecule has 3 aromatic rings. The predicted molar refractivity (Wildman–Crippen MR) is 112 cm³/mol. The highest BCUT2D eigenvalue weighted by molar-refractivity contribution is 7.89. The molecule has 5 rings (SSSR count). The Morgan fingerprint density at radius 2 is 1.89 bits per heavy atom. The summed E-state index contributed by atoms with van der Waals surface area (Å²) in [5, 5.41) is 5.88. The summed E-state index contributed by atoms with van der Waals surface area (Å²) in [6.45, 7) is 0.644. The Morgan fingerprint density at radius 1 is 1.07 bits per heavy atom. The summed E-state index contributed by atoms with van der Waals surface area (Å²) < 4.78 is 29.5. The Morgan fingerprint density at radius 3 is 2.61 bits per heavy atom. The van der Waals surface area contributed by atoms with Crippen LogP contribution in [0.25, 0.3) is 0 Å². The van der Waals surface area contributed by atoms with Crippen LogP contribution in [0, 0.1) is 0 Å². The average molecular weight is 431 g/mol. The summed E-state index contributed by atoms with van der Waals surface area (Å²) in [4.78, 5) is 15.2. The summed E-state index contributed by atoms with van der Waals surface area (Å²) in [7, 11) is -3.71. The largest absolute Gasteiger partial charge is 0.312 e. The molecule has 5 nitrogen and oxygen atoms in total. The van der Waals surface area contributed by atoms with E-state index >= 15 is 0 Å². The molecule has 144 valence electrons. The number of rotatable bonds is 5. The number of benzene rings is 1. The summed E-state index contributed by atoms with van der Waals surface area (Å²) in [5.74, 6) is 0.134. The maximum absolute atomic E-state index is 13.3. The molecule has 4 heterocycles. The monoisotopic (exact) mass is 430 g/mol. The van der Waals surface area contributed by atoms with E-state index in [2.05, 4.69) is 4.72 Å². The van der Waals surface area contributed by atoms with Gasteiger partial charge in [0.25, 0.3) is 0 Å². The molecule has 28 heavy (non-hydrogen) atoms. The number of amides is 1. The zero-order valence-corrected chi connectivity index (χ0v) is 17.4. The fraction of sp³-hybridized carbons (Fsp3) is 0.250. The highest BCUT2D eigenvalue weighted by Crippen LogP contribution is 2.39. The number of thiophene rings is 2. The second-order valence-electron chi connectivity index (χ2n) is 7.01. The maximum atomic E-state index is 13.3. The van der Waals surface area contributed by atoms with E-state index in [-0.39, 0.29) is 10.8 Å². The fourth-order valence-corrected chi connectivity index (χ4v) is 6.86. The Bertz CT molecular complexity index is 1100. The Balaban J connectivity index is 1.53. The van der Waals surface area contributed by atoms with Gasteiger partial charge >= 0.3 is 0 Å². The first-order valence-electron chi connectivity index (χ1n) is 9.07. The van der Waals surface area contributed by atoms with Gasteiger partial charge in [-0.2, -0.15) is 16.1 Å². The minimum atomic E-state index is -3.71. The van der Waals surface area contributed by atoms with E-state index in [1.54, 1.807) is 28.4 Å². The number of aryl methyl sites for hydroxylation is 1. The van der Waals surface area contributed by atoms with Crippen LogP contribution < -0.4 is 9.62 Å². The van der Waals surface area contributed by atoms with E-state index in [4.69, 9.17) is 0 Å². The van der Waals surface area contributed by atoms with Crippen LogP contribution in [0.4, 0.5) is 5.69 Å². The third-order valence-electron chi connectivity index (χ3n) is 5.31. The second-order valence-corrected chi connectivity index (χ2v) is 10.5. The molecule has 1 amide bonds. The maximum Gasteiger partial charge on any atom is 0.241 e. The molecular weight excluding hydrogens is 412 g/mol. The third-order valence-corrected chi connectivity index (χ3v) is 8.35. The average Bonchev–Trinajstić information content (AvgIpc) is 3.45. The zero-order chi connectivity index (χ0) is 19.3. The van der Waals surface area contributed by atoms with Gasteiger partial charge in [0.05, 0.1) is 16.6 Å². The SMILES string of the molecule is O=C1CCc2cc(S(=O)(=O)NC(c3ccsc3)c3cccs3)cc3c2N1CC3. The lowest BCUT2D eigenvalue weighted by Gasteiger charge is -2.26. The van der Waals surface area contributed by atoms with Gasteiger partial charge in [-0.25, -0.2) is 8.42 Å². The van der Waals surface area contributed by atoms with Crippen molar-refractivity contribution in [3.8, 4) is 0 Å². The van der Waals surface area contributed by atoms with E-state index in [0.29, 0.717) is 25.8 Å². The number of anilines is 1. The number of nitrogens with one attached hydrogen (secondary N) is 1. The highest BCUT2D eigenvalue weighted by Gasteiger charge is 2.33. The number of hydrogen-bond donors (Lipinski definition) is 1. The van der Waals surface area contributed by atoms with Crippen molar-refractivity contribution in [2.75, 3.05) is 11.4 Å². The molecule has 0 radical (unpaired) electrons. The molecular formula is C20H18N2O3S3. The summed E-state index contributed by atoms with van der Waals surface area (Å²) in [6, 6.07) is 8.90. The lowest BCUT2D eigenvalue weighted by atomic mass is 10.00. The normalized spacial score (nSPS) is 17.0. The molecule has 1 aromatic carbocycles. The number of carbonyl (C=O) groups excluding carboxylic acids is 1. The first kappa shape index (κ1) is 18.1. The molecule has 1 N–H and O–H groups in total. The summed E-state index contributed by atoms with van der Waals surface area (Å²) >= 11 is 3.09. The number of nitrogens with zero attached hydrogens (tertiary/aromatic N) is 1. The second kappa shape index (κ2) is 6.81. The molecule has 1 atom stereocenters. The van der Waals surface area contributed by atoms with Crippen LogP contribution in [-0.4, -0.2) is 20.9 Å². The first-order chi connectivity index (χ1) is 13.5. The van der Waals surface area contributed by atoms with Crippen molar-refractivity contribution in [2.45, 2.75) is 30.2 Å².